The van der Waals surface area contributed by atoms with Crippen LogP contribution in [0.4, 0.5) is 8.78 Å². The Morgan fingerprint density at radius 3 is 2.65 bits per heavy atom. The molecule has 0 aliphatic carbocycles. The van der Waals surface area contributed by atoms with E-state index in [0.717, 1.165) is 6.07 Å². The van der Waals surface area contributed by atoms with Crippen molar-refractivity contribution in [3.8, 4) is 0 Å². The van der Waals surface area contributed by atoms with Crippen LogP contribution in [-0.4, -0.2) is 20.7 Å². The van der Waals surface area contributed by atoms with Crippen LogP contribution in [0.25, 0.3) is 0 Å². The maximum Gasteiger partial charge on any atom is 0.210 e. The molecular weight excluding hydrogens is 250 g/mol. The minimum atomic E-state index is -3.55. The largest absolute Gasteiger partial charge is 0.309 e. The van der Waals surface area contributed by atoms with E-state index in [9.17, 15) is 17.2 Å². The molecule has 0 bridgehead atoms. The average Bonchev–Trinajstić information content (AvgIpc) is 2.20. The zero-order chi connectivity index (χ0) is 13.1. The molecule has 0 fully saturated rings. The van der Waals surface area contributed by atoms with Crippen LogP contribution in [0, 0.1) is 11.6 Å². The van der Waals surface area contributed by atoms with Crippen LogP contribution in [0.5, 0.6) is 0 Å². The van der Waals surface area contributed by atoms with Crippen molar-refractivity contribution in [3.05, 3.63) is 35.4 Å². The Morgan fingerprint density at radius 1 is 1.41 bits per heavy atom. The molecule has 1 atom stereocenters. The summed E-state index contributed by atoms with van der Waals surface area (Å²) in [5.41, 5.74) is 0.152. The maximum atomic E-state index is 13.4. The van der Waals surface area contributed by atoms with Gasteiger partial charge in [0.1, 0.15) is 0 Å². The molecule has 1 unspecified atom stereocenters. The number of nitrogens with two attached hydrogens (primary N) is 1. The first-order chi connectivity index (χ1) is 7.81. The van der Waals surface area contributed by atoms with Crippen molar-refractivity contribution in [3.63, 3.8) is 0 Å². The predicted octanol–water partition coefficient (Wildman–Crippen LogP) is 0.904. The highest BCUT2D eigenvalue weighted by Gasteiger charge is 2.14. The van der Waals surface area contributed by atoms with Gasteiger partial charge in [-0.2, -0.15) is 0 Å². The number of rotatable bonds is 5. The fraction of sp³-hybridized carbons (Fsp3) is 0.400. The van der Waals surface area contributed by atoms with Crippen molar-refractivity contribution >= 4 is 10.0 Å². The minimum Gasteiger partial charge on any atom is -0.309 e. The SMILES string of the molecule is CC(NCCS(N)(=O)=O)c1cccc(F)c1F. The van der Waals surface area contributed by atoms with E-state index in [1.54, 1.807) is 6.92 Å². The maximum absolute atomic E-state index is 13.4. The number of primary sulfonamides is 1. The molecule has 0 spiro atoms. The first kappa shape index (κ1) is 14.0. The van der Waals surface area contributed by atoms with Crippen molar-refractivity contribution in [1.82, 2.24) is 5.32 Å². The molecule has 0 heterocycles. The Labute approximate surface area is 98.9 Å². The second-order valence-electron chi connectivity index (χ2n) is 3.69. The van der Waals surface area contributed by atoms with Gasteiger partial charge in [-0.25, -0.2) is 22.3 Å². The fourth-order valence-corrected chi connectivity index (χ4v) is 1.78. The number of halogens is 2. The van der Waals surface area contributed by atoms with Gasteiger partial charge in [0.15, 0.2) is 11.6 Å². The first-order valence-corrected chi connectivity index (χ1v) is 6.70. The van der Waals surface area contributed by atoms with Crippen LogP contribution in [0.3, 0.4) is 0 Å². The highest BCUT2D eigenvalue weighted by Crippen LogP contribution is 2.18. The van der Waals surface area contributed by atoms with E-state index < -0.39 is 27.7 Å². The van der Waals surface area contributed by atoms with Gasteiger partial charge >= 0.3 is 0 Å². The summed E-state index contributed by atoms with van der Waals surface area (Å²) >= 11 is 0. The van der Waals surface area contributed by atoms with Crippen molar-refractivity contribution in [2.24, 2.45) is 5.14 Å². The van der Waals surface area contributed by atoms with Gasteiger partial charge < -0.3 is 5.32 Å². The van der Waals surface area contributed by atoms with Gasteiger partial charge in [0.05, 0.1) is 5.75 Å². The zero-order valence-electron chi connectivity index (χ0n) is 9.28. The van der Waals surface area contributed by atoms with Gasteiger partial charge in [-0.15, -0.1) is 0 Å². The Balaban J connectivity index is 2.64. The van der Waals surface area contributed by atoms with Crippen molar-refractivity contribution < 1.29 is 17.2 Å². The van der Waals surface area contributed by atoms with Crippen molar-refractivity contribution in [2.45, 2.75) is 13.0 Å². The van der Waals surface area contributed by atoms with E-state index in [0.29, 0.717) is 0 Å². The number of benzene rings is 1. The monoisotopic (exact) mass is 264 g/mol. The molecule has 1 aromatic rings. The van der Waals surface area contributed by atoms with Crippen LogP contribution in [0.15, 0.2) is 18.2 Å². The molecule has 96 valence electrons. The molecule has 1 rings (SSSR count). The molecule has 4 nitrogen and oxygen atoms in total. The average molecular weight is 264 g/mol. The number of sulfonamides is 1. The van der Waals surface area contributed by atoms with E-state index in [2.05, 4.69) is 5.32 Å². The third kappa shape index (κ3) is 4.37. The summed E-state index contributed by atoms with van der Waals surface area (Å²) in [7, 11) is -3.55. The summed E-state index contributed by atoms with van der Waals surface area (Å²) in [5, 5.41) is 7.57. The first-order valence-electron chi connectivity index (χ1n) is 4.99. The summed E-state index contributed by atoms with van der Waals surface area (Å²) in [6, 6.07) is 3.36. The molecule has 0 aromatic heterocycles. The summed E-state index contributed by atoms with van der Waals surface area (Å²) in [6.07, 6.45) is 0. The van der Waals surface area contributed by atoms with Gasteiger partial charge in [-0.1, -0.05) is 12.1 Å². The lowest BCUT2D eigenvalue weighted by Gasteiger charge is -2.14. The van der Waals surface area contributed by atoms with Gasteiger partial charge in [-0.3, -0.25) is 0 Å². The molecule has 1 aromatic carbocycles. The van der Waals surface area contributed by atoms with E-state index in [-0.39, 0.29) is 17.9 Å². The van der Waals surface area contributed by atoms with Crippen LogP contribution in [0.2, 0.25) is 0 Å². The Bertz CT molecular complexity index is 491. The summed E-state index contributed by atoms with van der Waals surface area (Å²) in [5.74, 6) is -2.11. The summed E-state index contributed by atoms with van der Waals surface area (Å²) < 4.78 is 47.6. The Kier molecular flexibility index (Phi) is 4.55. The lowest BCUT2D eigenvalue weighted by molar-refractivity contribution is 0.476. The van der Waals surface area contributed by atoms with Crippen molar-refractivity contribution in [1.29, 1.82) is 0 Å². The summed E-state index contributed by atoms with van der Waals surface area (Å²) in [4.78, 5) is 0. The van der Waals surface area contributed by atoms with Gasteiger partial charge in [0.25, 0.3) is 0 Å². The number of hydrogen-bond donors (Lipinski definition) is 2. The normalized spacial score (nSPS) is 13.6. The van der Waals surface area contributed by atoms with Crippen LogP contribution in [-0.2, 0) is 10.0 Å². The molecule has 0 saturated carbocycles. The smallest absolute Gasteiger partial charge is 0.210 e. The highest BCUT2D eigenvalue weighted by molar-refractivity contribution is 7.89. The molecule has 3 N–H and O–H groups in total. The molecule has 0 aliphatic heterocycles. The van der Waals surface area contributed by atoms with Gasteiger partial charge in [0, 0.05) is 18.2 Å². The Hall–Kier alpha value is -1.05. The third-order valence-electron chi connectivity index (χ3n) is 2.29. The predicted molar refractivity (Wildman–Crippen MR) is 60.7 cm³/mol. The van der Waals surface area contributed by atoms with E-state index in [1.807, 2.05) is 0 Å². The van der Waals surface area contributed by atoms with E-state index in [4.69, 9.17) is 5.14 Å². The van der Waals surface area contributed by atoms with Crippen LogP contribution >= 0.6 is 0 Å². The minimum absolute atomic E-state index is 0.0793. The summed E-state index contributed by atoms with van der Waals surface area (Å²) in [6.45, 7) is 1.69. The quantitative estimate of drug-likeness (QED) is 0.830. The number of nitrogens with one attached hydrogen (secondary N) is 1. The molecular formula is C10H14F2N2O2S. The zero-order valence-corrected chi connectivity index (χ0v) is 10.1. The lowest BCUT2D eigenvalue weighted by atomic mass is 10.1. The molecule has 0 amide bonds. The van der Waals surface area contributed by atoms with Crippen LogP contribution < -0.4 is 10.5 Å². The second-order valence-corrected chi connectivity index (χ2v) is 5.42. The third-order valence-corrected chi connectivity index (χ3v) is 3.06. The van der Waals surface area contributed by atoms with Crippen molar-refractivity contribution in [2.75, 3.05) is 12.3 Å². The van der Waals surface area contributed by atoms with Crippen LogP contribution in [0.1, 0.15) is 18.5 Å². The Morgan fingerprint density at radius 2 is 2.06 bits per heavy atom. The molecule has 7 heteroatoms. The highest BCUT2D eigenvalue weighted by atomic mass is 32.2. The topological polar surface area (TPSA) is 72.2 Å². The fourth-order valence-electron chi connectivity index (χ4n) is 1.38. The standard InChI is InChI=1S/C10H14F2N2O2S/c1-7(14-5-6-17(13,15)16)8-3-2-4-9(11)10(8)12/h2-4,7,14H,5-6H2,1H3,(H2,13,15,16). The van der Waals surface area contributed by atoms with Gasteiger partial charge in [0.2, 0.25) is 10.0 Å². The lowest BCUT2D eigenvalue weighted by Crippen LogP contribution is -2.29. The second kappa shape index (κ2) is 5.52. The van der Waals surface area contributed by atoms with E-state index >= 15 is 0 Å². The molecule has 0 saturated heterocycles. The molecule has 17 heavy (non-hydrogen) atoms. The van der Waals surface area contributed by atoms with Gasteiger partial charge in [-0.05, 0) is 13.0 Å². The number of hydrogen-bond acceptors (Lipinski definition) is 3. The molecule has 0 aliphatic rings. The van der Waals surface area contributed by atoms with E-state index in [1.165, 1.54) is 12.1 Å². The molecule has 0 radical (unpaired) electrons.